The first-order chi connectivity index (χ1) is 7.72. The first kappa shape index (κ1) is 17.4. The second-order valence-electron chi connectivity index (χ2n) is 4.61. The Hall–Kier alpha value is 0.350. The fourth-order valence-corrected chi connectivity index (χ4v) is 2.20. The van der Waals surface area contributed by atoms with Crippen LogP contribution in [-0.4, -0.2) is 30.1 Å². The Labute approximate surface area is 127 Å². The van der Waals surface area contributed by atoms with Crippen molar-refractivity contribution in [2.45, 2.75) is 56.7 Å². The highest BCUT2D eigenvalue weighted by atomic mass is 127. The normalized spacial score (nSPS) is 20.2. The van der Waals surface area contributed by atoms with Crippen LogP contribution in [0.15, 0.2) is 4.99 Å². The summed E-state index contributed by atoms with van der Waals surface area (Å²) in [6, 6.07) is 0.552. The van der Waals surface area contributed by atoms with Crippen molar-refractivity contribution >= 4 is 41.7 Å². The van der Waals surface area contributed by atoms with Crippen LogP contribution in [0.2, 0.25) is 0 Å². The molecule has 0 bridgehead atoms. The Morgan fingerprint density at radius 3 is 2.47 bits per heavy atom. The highest BCUT2D eigenvalue weighted by Gasteiger charge is 2.12. The van der Waals surface area contributed by atoms with E-state index in [1.807, 2.05) is 11.8 Å². The number of halogens is 1. The second kappa shape index (κ2) is 10.3. The summed E-state index contributed by atoms with van der Waals surface area (Å²) in [6.07, 6.45) is 9.99. The number of thioether (sulfide) groups is 1. The molecule has 0 aromatic rings. The molecule has 102 valence electrons. The summed E-state index contributed by atoms with van der Waals surface area (Å²) >= 11 is 1.83. The predicted octanol–water partition coefficient (Wildman–Crippen LogP) is 2.98. The molecule has 0 aromatic carbocycles. The van der Waals surface area contributed by atoms with E-state index in [2.05, 4.69) is 23.5 Å². The van der Waals surface area contributed by atoms with Gasteiger partial charge < -0.3 is 11.1 Å². The zero-order valence-electron chi connectivity index (χ0n) is 10.9. The average molecular weight is 371 g/mol. The van der Waals surface area contributed by atoms with E-state index >= 15 is 0 Å². The van der Waals surface area contributed by atoms with Crippen molar-refractivity contribution in [2.75, 3.05) is 12.8 Å². The van der Waals surface area contributed by atoms with Gasteiger partial charge in [-0.15, -0.1) is 24.0 Å². The Balaban J connectivity index is 0.00000256. The third-order valence-corrected chi connectivity index (χ3v) is 4.08. The lowest BCUT2D eigenvalue weighted by atomic mass is 10.1. The number of nitrogens with two attached hydrogens (primary N) is 1. The molecule has 1 aliphatic carbocycles. The zero-order valence-corrected chi connectivity index (χ0v) is 14.1. The molecule has 1 unspecified atom stereocenters. The standard InChI is InChI=1S/C12H25N3S.HI/c1-10(16-2)9-14-12(13)15-11-7-5-3-4-6-8-11;/h10-11H,3-9H2,1-2H3,(H3,13,14,15);1H. The minimum absolute atomic E-state index is 0. The van der Waals surface area contributed by atoms with E-state index in [0.29, 0.717) is 17.3 Å². The van der Waals surface area contributed by atoms with E-state index in [0.717, 1.165) is 6.54 Å². The summed E-state index contributed by atoms with van der Waals surface area (Å²) in [4.78, 5) is 4.38. The van der Waals surface area contributed by atoms with E-state index in [4.69, 9.17) is 5.73 Å². The van der Waals surface area contributed by atoms with Gasteiger partial charge in [0.25, 0.3) is 0 Å². The lowest BCUT2D eigenvalue weighted by Crippen LogP contribution is -2.40. The largest absolute Gasteiger partial charge is 0.370 e. The summed E-state index contributed by atoms with van der Waals surface area (Å²) in [7, 11) is 0. The monoisotopic (exact) mass is 371 g/mol. The maximum Gasteiger partial charge on any atom is 0.188 e. The summed E-state index contributed by atoms with van der Waals surface area (Å²) in [5.41, 5.74) is 5.89. The summed E-state index contributed by atoms with van der Waals surface area (Å²) in [6.45, 7) is 2.99. The van der Waals surface area contributed by atoms with Gasteiger partial charge in [-0.05, 0) is 19.1 Å². The van der Waals surface area contributed by atoms with Crippen molar-refractivity contribution in [2.24, 2.45) is 10.7 Å². The van der Waals surface area contributed by atoms with Crippen LogP contribution < -0.4 is 11.1 Å². The minimum atomic E-state index is 0. The number of hydrogen-bond donors (Lipinski definition) is 2. The molecular weight excluding hydrogens is 345 g/mol. The lowest BCUT2D eigenvalue weighted by molar-refractivity contribution is 0.530. The van der Waals surface area contributed by atoms with E-state index < -0.39 is 0 Å². The highest BCUT2D eigenvalue weighted by molar-refractivity contribution is 14.0. The number of rotatable bonds is 4. The topological polar surface area (TPSA) is 50.4 Å². The van der Waals surface area contributed by atoms with Gasteiger partial charge in [0.1, 0.15) is 0 Å². The molecule has 0 spiro atoms. The van der Waals surface area contributed by atoms with Crippen LogP contribution in [0.3, 0.4) is 0 Å². The molecular formula is C12H26IN3S. The van der Waals surface area contributed by atoms with Gasteiger partial charge in [-0.25, -0.2) is 0 Å². The molecule has 1 saturated carbocycles. The fraction of sp³-hybridized carbons (Fsp3) is 0.917. The molecule has 0 amide bonds. The summed E-state index contributed by atoms with van der Waals surface area (Å²) < 4.78 is 0. The van der Waals surface area contributed by atoms with Crippen LogP contribution in [0.5, 0.6) is 0 Å². The number of nitrogens with one attached hydrogen (secondary N) is 1. The number of aliphatic imine (C=N–C) groups is 1. The molecule has 3 N–H and O–H groups in total. The Morgan fingerprint density at radius 2 is 1.94 bits per heavy atom. The summed E-state index contributed by atoms with van der Waals surface area (Å²) in [5, 5.41) is 3.91. The van der Waals surface area contributed by atoms with Gasteiger partial charge in [0.15, 0.2) is 5.96 Å². The number of nitrogens with zero attached hydrogens (tertiary/aromatic N) is 1. The molecule has 0 aromatic heterocycles. The van der Waals surface area contributed by atoms with Gasteiger partial charge in [0.05, 0.1) is 6.54 Å². The lowest BCUT2D eigenvalue weighted by Gasteiger charge is -2.17. The van der Waals surface area contributed by atoms with Crippen molar-refractivity contribution < 1.29 is 0 Å². The molecule has 0 heterocycles. The zero-order chi connectivity index (χ0) is 11.8. The molecule has 1 fully saturated rings. The fourth-order valence-electron chi connectivity index (χ4n) is 1.98. The van der Waals surface area contributed by atoms with Crippen LogP contribution in [0.25, 0.3) is 0 Å². The van der Waals surface area contributed by atoms with Crippen LogP contribution in [0.4, 0.5) is 0 Å². The predicted molar refractivity (Wildman–Crippen MR) is 89.5 cm³/mol. The SMILES string of the molecule is CSC(C)CN=C(N)NC1CCCCCC1.I. The molecule has 0 aliphatic heterocycles. The van der Waals surface area contributed by atoms with E-state index in [1.165, 1.54) is 38.5 Å². The van der Waals surface area contributed by atoms with Gasteiger partial charge in [-0.2, -0.15) is 11.8 Å². The van der Waals surface area contributed by atoms with E-state index in [1.54, 1.807) is 0 Å². The van der Waals surface area contributed by atoms with Crippen molar-refractivity contribution in [3.05, 3.63) is 0 Å². The molecule has 0 radical (unpaired) electrons. The van der Waals surface area contributed by atoms with Crippen LogP contribution in [0.1, 0.15) is 45.4 Å². The van der Waals surface area contributed by atoms with Gasteiger partial charge >= 0.3 is 0 Å². The van der Waals surface area contributed by atoms with Crippen molar-refractivity contribution in [3.8, 4) is 0 Å². The van der Waals surface area contributed by atoms with Gasteiger partial charge in [-0.1, -0.05) is 32.6 Å². The molecule has 1 atom stereocenters. The van der Waals surface area contributed by atoms with E-state index in [-0.39, 0.29) is 24.0 Å². The van der Waals surface area contributed by atoms with Gasteiger partial charge in [0, 0.05) is 11.3 Å². The third kappa shape index (κ3) is 8.13. The Bertz CT molecular complexity index is 216. The second-order valence-corrected chi connectivity index (χ2v) is 5.88. The van der Waals surface area contributed by atoms with Crippen molar-refractivity contribution in [1.29, 1.82) is 0 Å². The third-order valence-electron chi connectivity index (χ3n) is 3.13. The first-order valence-corrected chi connectivity index (χ1v) is 7.60. The number of hydrogen-bond acceptors (Lipinski definition) is 2. The molecule has 5 heteroatoms. The summed E-state index contributed by atoms with van der Waals surface area (Å²) in [5.74, 6) is 0.632. The molecule has 1 rings (SSSR count). The van der Waals surface area contributed by atoms with Crippen LogP contribution >= 0.6 is 35.7 Å². The van der Waals surface area contributed by atoms with Crippen LogP contribution in [0, 0.1) is 0 Å². The molecule has 3 nitrogen and oxygen atoms in total. The van der Waals surface area contributed by atoms with Gasteiger partial charge in [-0.3, -0.25) is 4.99 Å². The smallest absolute Gasteiger partial charge is 0.188 e. The highest BCUT2D eigenvalue weighted by Crippen LogP contribution is 2.16. The molecule has 1 aliphatic rings. The van der Waals surface area contributed by atoms with Crippen molar-refractivity contribution in [3.63, 3.8) is 0 Å². The number of guanidine groups is 1. The Kier molecular flexibility index (Phi) is 10.5. The maximum absolute atomic E-state index is 5.89. The molecule has 0 saturated heterocycles. The van der Waals surface area contributed by atoms with Crippen LogP contribution in [-0.2, 0) is 0 Å². The van der Waals surface area contributed by atoms with Gasteiger partial charge in [0.2, 0.25) is 0 Å². The minimum Gasteiger partial charge on any atom is -0.370 e. The Morgan fingerprint density at radius 1 is 1.35 bits per heavy atom. The quantitative estimate of drug-likeness (QED) is 0.346. The molecule has 17 heavy (non-hydrogen) atoms. The first-order valence-electron chi connectivity index (χ1n) is 6.31. The maximum atomic E-state index is 5.89. The van der Waals surface area contributed by atoms with E-state index in [9.17, 15) is 0 Å². The van der Waals surface area contributed by atoms with Crippen molar-refractivity contribution in [1.82, 2.24) is 5.32 Å². The average Bonchev–Trinajstić information content (AvgIpc) is 2.54.